The Bertz CT molecular complexity index is 638. The molecule has 0 aliphatic rings. The average molecular weight is 289 g/mol. The minimum Gasteiger partial charge on any atom is -0.398 e. The molecule has 3 nitrogen and oxygen atoms in total. The molecule has 0 spiro atoms. The lowest BCUT2D eigenvalue weighted by Gasteiger charge is -2.11. The number of benzene rings is 2. The van der Waals surface area contributed by atoms with Crippen LogP contribution in [0.5, 0.6) is 0 Å². The summed E-state index contributed by atoms with van der Waals surface area (Å²) < 4.78 is 0. The minimum absolute atomic E-state index is 0.258. The van der Waals surface area contributed by atoms with Crippen LogP contribution in [0.25, 0.3) is 0 Å². The maximum absolute atomic E-state index is 12.2. The first-order valence-electron chi connectivity index (χ1n) is 6.43. The number of nitrogen functional groups attached to an aromatic ring is 1. The standard InChI is InChI=1S/C16H17ClN2O/c1-10(2)11-4-3-5-13(8-11)19-16(20)14-9-12(17)6-7-15(14)18/h3-10H,18H2,1-2H3,(H,19,20). The van der Waals surface area contributed by atoms with Crippen LogP contribution < -0.4 is 11.1 Å². The third-order valence-corrected chi connectivity index (χ3v) is 3.31. The van der Waals surface area contributed by atoms with Gasteiger partial charge in [0.2, 0.25) is 0 Å². The van der Waals surface area contributed by atoms with Crippen LogP contribution >= 0.6 is 11.6 Å². The first kappa shape index (κ1) is 14.4. The summed E-state index contributed by atoms with van der Waals surface area (Å²) in [6.07, 6.45) is 0. The lowest BCUT2D eigenvalue weighted by Crippen LogP contribution is -2.14. The van der Waals surface area contributed by atoms with Gasteiger partial charge in [0.25, 0.3) is 5.91 Å². The highest BCUT2D eigenvalue weighted by atomic mass is 35.5. The van der Waals surface area contributed by atoms with E-state index in [0.29, 0.717) is 22.2 Å². The van der Waals surface area contributed by atoms with Crippen LogP contribution in [0.2, 0.25) is 5.02 Å². The van der Waals surface area contributed by atoms with Gasteiger partial charge in [0.15, 0.2) is 0 Å². The van der Waals surface area contributed by atoms with Crippen molar-refractivity contribution in [1.82, 2.24) is 0 Å². The normalized spacial score (nSPS) is 10.6. The van der Waals surface area contributed by atoms with Crippen molar-refractivity contribution in [3.05, 3.63) is 58.6 Å². The zero-order valence-corrected chi connectivity index (χ0v) is 12.2. The number of nitrogens with two attached hydrogens (primary N) is 1. The van der Waals surface area contributed by atoms with E-state index in [-0.39, 0.29) is 5.91 Å². The molecule has 104 valence electrons. The lowest BCUT2D eigenvalue weighted by molar-refractivity contribution is 0.102. The summed E-state index contributed by atoms with van der Waals surface area (Å²) in [5, 5.41) is 3.33. The Morgan fingerprint density at radius 3 is 2.65 bits per heavy atom. The third kappa shape index (κ3) is 3.31. The zero-order valence-electron chi connectivity index (χ0n) is 11.5. The molecule has 0 aliphatic heterocycles. The summed E-state index contributed by atoms with van der Waals surface area (Å²) in [7, 11) is 0. The molecule has 0 radical (unpaired) electrons. The van der Waals surface area contributed by atoms with E-state index in [4.69, 9.17) is 17.3 Å². The molecule has 0 aromatic heterocycles. The quantitative estimate of drug-likeness (QED) is 0.828. The van der Waals surface area contributed by atoms with Gasteiger partial charge in [-0.1, -0.05) is 37.6 Å². The zero-order chi connectivity index (χ0) is 14.7. The Balaban J connectivity index is 2.23. The average Bonchev–Trinajstić information content (AvgIpc) is 2.41. The van der Waals surface area contributed by atoms with Gasteiger partial charge in [0.1, 0.15) is 0 Å². The van der Waals surface area contributed by atoms with Crippen molar-refractivity contribution in [3.8, 4) is 0 Å². The van der Waals surface area contributed by atoms with Crippen LogP contribution in [0.4, 0.5) is 11.4 Å². The minimum atomic E-state index is -0.258. The Labute approximate surface area is 123 Å². The largest absolute Gasteiger partial charge is 0.398 e. The summed E-state index contributed by atoms with van der Waals surface area (Å²) in [6.45, 7) is 4.21. The van der Waals surface area contributed by atoms with E-state index in [9.17, 15) is 4.79 Å². The lowest BCUT2D eigenvalue weighted by atomic mass is 10.0. The molecule has 0 bridgehead atoms. The Kier molecular flexibility index (Phi) is 4.30. The molecule has 0 aliphatic carbocycles. The van der Waals surface area contributed by atoms with E-state index in [2.05, 4.69) is 19.2 Å². The maximum atomic E-state index is 12.2. The molecule has 20 heavy (non-hydrogen) atoms. The van der Waals surface area contributed by atoms with Crippen molar-refractivity contribution in [3.63, 3.8) is 0 Å². The van der Waals surface area contributed by atoms with E-state index in [1.165, 1.54) is 5.56 Å². The number of hydrogen-bond donors (Lipinski definition) is 2. The van der Waals surface area contributed by atoms with Crippen molar-refractivity contribution in [1.29, 1.82) is 0 Å². The van der Waals surface area contributed by atoms with Gasteiger partial charge >= 0.3 is 0 Å². The Morgan fingerprint density at radius 1 is 1.20 bits per heavy atom. The fourth-order valence-corrected chi connectivity index (χ4v) is 2.07. The van der Waals surface area contributed by atoms with Crippen LogP contribution in [0.1, 0.15) is 35.7 Å². The van der Waals surface area contributed by atoms with E-state index < -0.39 is 0 Å². The Morgan fingerprint density at radius 2 is 1.95 bits per heavy atom. The van der Waals surface area contributed by atoms with Crippen molar-refractivity contribution in [2.75, 3.05) is 11.1 Å². The second kappa shape index (κ2) is 5.97. The molecule has 2 aromatic carbocycles. The number of carbonyl (C=O) groups excluding carboxylic acids is 1. The molecular weight excluding hydrogens is 272 g/mol. The second-order valence-electron chi connectivity index (χ2n) is 4.97. The number of nitrogens with one attached hydrogen (secondary N) is 1. The molecule has 0 heterocycles. The maximum Gasteiger partial charge on any atom is 0.257 e. The molecule has 4 heteroatoms. The van der Waals surface area contributed by atoms with Gasteiger partial charge in [0, 0.05) is 16.4 Å². The fraction of sp³-hybridized carbons (Fsp3) is 0.188. The van der Waals surface area contributed by atoms with Gasteiger partial charge < -0.3 is 11.1 Å². The number of carbonyl (C=O) groups is 1. The predicted molar refractivity (Wildman–Crippen MR) is 84.3 cm³/mol. The topological polar surface area (TPSA) is 55.1 Å². The predicted octanol–water partition coefficient (Wildman–Crippen LogP) is 4.30. The summed E-state index contributed by atoms with van der Waals surface area (Å²) in [5.74, 6) is 0.147. The van der Waals surface area contributed by atoms with Gasteiger partial charge in [-0.25, -0.2) is 0 Å². The fourth-order valence-electron chi connectivity index (χ4n) is 1.90. The van der Waals surface area contributed by atoms with Gasteiger partial charge in [-0.3, -0.25) is 4.79 Å². The monoisotopic (exact) mass is 288 g/mol. The summed E-state index contributed by atoms with van der Waals surface area (Å²) in [4.78, 5) is 12.2. The summed E-state index contributed by atoms with van der Waals surface area (Å²) in [5.41, 5.74) is 8.51. The van der Waals surface area contributed by atoms with Gasteiger partial charge in [-0.15, -0.1) is 0 Å². The van der Waals surface area contributed by atoms with Gasteiger partial charge in [-0.2, -0.15) is 0 Å². The highest BCUT2D eigenvalue weighted by molar-refractivity contribution is 6.31. The van der Waals surface area contributed by atoms with Gasteiger partial charge in [0.05, 0.1) is 5.56 Å². The van der Waals surface area contributed by atoms with E-state index in [1.807, 2.05) is 24.3 Å². The highest BCUT2D eigenvalue weighted by Gasteiger charge is 2.11. The second-order valence-corrected chi connectivity index (χ2v) is 5.40. The number of anilines is 2. The van der Waals surface area contributed by atoms with Crippen LogP contribution in [0, 0.1) is 0 Å². The van der Waals surface area contributed by atoms with Crippen molar-refractivity contribution >= 4 is 28.9 Å². The van der Waals surface area contributed by atoms with Crippen LogP contribution in [-0.2, 0) is 0 Å². The highest BCUT2D eigenvalue weighted by Crippen LogP contribution is 2.21. The molecule has 3 N–H and O–H groups in total. The number of amides is 1. The first-order chi connectivity index (χ1) is 9.47. The van der Waals surface area contributed by atoms with Gasteiger partial charge in [-0.05, 0) is 41.8 Å². The number of rotatable bonds is 3. The molecule has 2 rings (SSSR count). The van der Waals surface area contributed by atoms with Crippen LogP contribution in [0.3, 0.4) is 0 Å². The molecule has 0 unspecified atom stereocenters. The van der Waals surface area contributed by atoms with Crippen LogP contribution in [0.15, 0.2) is 42.5 Å². The SMILES string of the molecule is CC(C)c1cccc(NC(=O)c2cc(Cl)ccc2N)c1. The summed E-state index contributed by atoms with van der Waals surface area (Å²) >= 11 is 5.90. The van der Waals surface area contributed by atoms with Crippen molar-refractivity contribution < 1.29 is 4.79 Å². The number of hydrogen-bond acceptors (Lipinski definition) is 2. The van der Waals surface area contributed by atoms with Crippen molar-refractivity contribution in [2.45, 2.75) is 19.8 Å². The molecule has 0 saturated carbocycles. The smallest absolute Gasteiger partial charge is 0.257 e. The molecule has 1 amide bonds. The van der Waals surface area contributed by atoms with E-state index in [1.54, 1.807) is 18.2 Å². The molecule has 0 fully saturated rings. The molecular formula is C16H17ClN2O. The molecule has 2 aromatic rings. The summed E-state index contributed by atoms with van der Waals surface area (Å²) in [6, 6.07) is 12.6. The third-order valence-electron chi connectivity index (χ3n) is 3.07. The first-order valence-corrected chi connectivity index (χ1v) is 6.81. The van der Waals surface area contributed by atoms with Crippen LogP contribution in [-0.4, -0.2) is 5.91 Å². The Hall–Kier alpha value is -2.00. The van der Waals surface area contributed by atoms with Crippen molar-refractivity contribution in [2.24, 2.45) is 0 Å². The van der Waals surface area contributed by atoms with E-state index in [0.717, 1.165) is 5.69 Å². The number of halogens is 1. The molecule has 0 saturated heterocycles. The van der Waals surface area contributed by atoms with E-state index >= 15 is 0 Å². The molecule has 0 atom stereocenters.